The molecule has 1 heterocycles. The molecule has 0 radical (unpaired) electrons. The van der Waals surface area contributed by atoms with Gasteiger partial charge >= 0.3 is 0 Å². The second-order valence-corrected chi connectivity index (χ2v) is 6.40. The van der Waals surface area contributed by atoms with Crippen LogP contribution in [0.25, 0.3) is 0 Å². The Morgan fingerprint density at radius 2 is 2.04 bits per heavy atom. The molecule has 0 spiro atoms. The van der Waals surface area contributed by atoms with Gasteiger partial charge in [0.2, 0.25) is 5.91 Å². The molecular weight excluding hydrogens is 330 g/mol. The molecule has 2 rings (SSSR count). The Kier molecular flexibility index (Phi) is 7.02. The van der Waals surface area contributed by atoms with Crippen LogP contribution in [0.5, 0.6) is 0 Å². The molecule has 0 bridgehead atoms. The molecule has 6 nitrogen and oxygen atoms in total. The minimum absolute atomic E-state index is 0.0285. The van der Waals surface area contributed by atoms with Gasteiger partial charge in [0.1, 0.15) is 0 Å². The van der Waals surface area contributed by atoms with E-state index in [2.05, 4.69) is 15.5 Å². The normalized spacial score (nSPS) is 16.5. The molecule has 0 saturated carbocycles. The second kappa shape index (κ2) is 9.01. The summed E-state index contributed by atoms with van der Waals surface area (Å²) >= 11 is 6.11. The molecule has 1 aromatic carbocycles. The number of carbonyl (C=O) groups excluding carboxylic acids is 2. The average Bonchev–Trinajstić information content (AvgIpc) is 2.55. The number of hydrogen-bond donors (Lipinski definition) is 2. The van der Waals surface area contributed by atoms with Gasteiger partial charge in [0, 0.05) is 38.3 Å². The van der Waals surface area contributed by atoms with Crippen LogP contribution >= 0.6 is 11.6 Å². The Labute approximate surface area is 147 Å². The highest BCUT2D eigenvalue weighted by Gasteiger charge is 2.16. The van der Waals surface area contributed by atoms with Gasteiger partial charge in [-0.05, 0) is 31.5 Å². The van der Waals surface area contributed by atoms with E-state index in [4.69, 9.17) is 16.3 Å². The minimum Gasteiger partial charge on any atom is -0.379 e. The number of ether oxygens (including phenoxy) is 1. The summed E-state index contributed by atoms with van der Waals surface area (Å²) in [5.41, 5.74) is 0.916. The van der Waals surface area contributed by atoms with Crippen LogP contribution in [0, 0.1) is 0 Å². The zero-order valence-corrected chi connectivity index (χ0v) is 14.9. The van der Waals surface area contributed by atoms with Crippen LogP contribution in [0.1, 0.15) is 30.6 Å². The molecule has 1 aliphatic rings. The first-order valence-electron chi connectivity index (χ1n) is 8.14. The Hall–Kier alpha value is -1.63. The number of carbonyl (C=O) groups is 2. The Bertz CT molecular complexity index is 588. The zero-order valence-electron chi connectivity index (χ0n) is 14.1. The largest absolute Gasteiger partial charge is 0.379 e. The van der Waals surface area contributed by atoms with Crippen LogP contribution in [0.3, 0.4) is 0 Å². The number of rotatable bonds is 6. The fraction of sp³-hybridized carbons (Fsp3) is 0.529. The maximum absolute atomic E-state index is 12.4. The summed E-state index contributed by atoms with van der Waals surface area (Å²) in [6, 6.07) is 4.90. The predicted octanol–water partition coefficient (Wildman–Crippen LogP) is 2.14. The van der Waals surface area contributed by atoms with Crippen molar-refractivity contribution in [1.82, 2.24) is 10.2 Å². The molecule has 0 aliphatic carbocycles. The van der Waals surface area contributed by atoms with Crippen molar-refractivity contribution >= 4 is 29.1 Å². The molecule has 132 valence electrons. The van der Waals surface area contributed by atoms with E-state index in [0.29, 0.717) is 16.3 Å². The molecule has 0 aromatic heterocycles. The smallest absolute Gasteiger partial charge is 0.253 e. The van der Waals surface area contributed by atoms with E-state index in [1.165, 1.54) is 6.92 Å². The van der Waals surface area contributed by atoms with Crippen molar-refractivity contribution in [2.45, 2.75) is 26.3 Å². The number of morpholine rings is 1. The van der Waals surface area contributed by atoms with Gasteiger partial charge in [-0.1, -0.05) is 11.6 Å². The third-order valence-corrected chi connectivity index (χ3v) is 4.22. The molecule has 7 heteroatoms. The number of nitrogens with one attached hydrogen (secondary N) is 2. The Balaban J connectivity index is 1.89. The first-order valence-corrected chi connectivity index (χ1v) is 8.51. The molecule has 2 N–H and O–H groups in total. The minimum atomic E-state index is -0.235. The molecule has 1 saturated heterocycles. The number of anilines is 1. The monoisotopic (exact) mass is 353 g/mol. The molecule has 1 aromatic rings. The highest BCUT2D eigenvalue weighted by atomic mass is 35.5. The zero-order chi connectivity index (χ0) is 17.5. The van der Waals surface area contributed by atoms with E-state index in [0.717, 1.165) is 39.3 Å². The fourth-order valence-corrected chi connectivity index (χ4v) is 2.76. The van der Waals surface area contributed by atoms with E-state index < -0.39 is 0 Å². The van der Waals surface area contributed by atoms with Crippen molar-refractivity contribution in [2.24, 2.45) is 0 Å². The first kappa shape index (κ1) is 18.7. The van der Waals surface area contributed by atoms with Gasteiger partial charge in [-0.2, -0.15) is 0 Å². The summed E-state index contributed by atoms with van der Waals surface area (Å²) < 4.78 is 5.32. The van der Waals surface area contributed by atoms with Gasteiger partial charge in [-0.25, -0.2) is 0 Å². The summed E-state index contributed by atoms with van der Waals surface area (Å²) in [5, 5.41) is 5.98. The van der Waals surface area contributed by atoms with Crippen LogP contribution in [0.2, 0.25) is 5.02 Å². The lowest BCUT2D eigenvalue weighted by Gasteiger charge is -2.27. The lowest BCUT2D eigenvalue weighted by atomic mass is 10.1. The standard InChI is InChI=1S/C17H24ClN3O3/c1-12(5-6-21-7-9-24-10-8-21)19-17(23)15-11-14(20-13(2)22)3-4-16(15)18/h3-4,11-12H,5-10H2,1-2H3,(H,19,23)(H,20,22). The maximum atomic E-state index is 12.4. The van der Waals surface area contributed by atoms with Crippen LogP contribution < -0.4 is 10.6 Å². The Morgan fingerprint density at radius 1 is 1.33 bits per heavy atom. The first-order chi connectivity index (χ1) is 11.5. The highest BCUT2D eigenvalue weighted by molar-refractivity contribution is 6.34. The quantitative estimate of drug-likeness (QED) is 0.822. The molecule has 1 unspecified atom stereocenters. The lowest BCUT2D eigenvalue weighted by Crippen LogP contribution is -2.40. The Morgan fingerprint density at radius 3 is 2.71 bits per heavy atom. The van der Waals surface area contributed by atoms with Crippen LogP contribution in [-0.4, -0.2) is 55.6 Å². The van der Waals surface area contributed by atoms with Crippen molar-refractivity contribution in [1.29, 1.82) is 0 Å². The van der Waals surface area contributed by atoms with Crippen LogP contribution in [0.15, 0.2) is 18.2 Å². The molecule has 1 fully saturated rings. The van der Waals surface area contributed by atoms with E-state index in [1.807, 2.05) is 6.92 Å². The average molecular weight is 354 g/mol. The molecule has 24 heavy (non-hydrogen) atoms. The fourth-order valence-electron chi connectivity index (χ4n) is 2.56. The number of nitrogens with zero attached hydrogens (tertiary/aromatic N) is 1. The summed E-state index contributed by atoms with van der Waals surface area (Å²) in [4.78, 5) is 25.9. The van der Waals surface area contributed by atoms with Crippen molar-refractivity contribution in [3.8, 4) is 0 Å². The second-order valence-electron chi connectivity index (χ2n) is 5.99. The molecule has 1 aliphatic heterocycles. The number of halogens is 1. The third-order valence-electron chi connectivity index (χ3n) is 3.89. The van der Waals surface area contributed by atoms with Gasteiger partial charge < -0.3 is 15.4 Å². The number of benzene rings is 1. The van der Waals surface area contributed by atoms with Gasteiger partial charge in [-0.3, -0.25) is 14.5 Å². The summed E-state index contributed by atoms with van der Waals surface area (Å²) in [6.45, 7) is 7.73. The van der Waals surface area contributed by atoms with Gasteiger partial charge in [-0.15, -0.1) is 0 Å². The van der Waals surface area contributed by atoms with Gasteiger partial charge in [0.25, 0.3) is 5.91 Å². The van der Waals surface area contributed by atoms with Crippen molar-refractivity contribution in [3.05, 3.63) is 28.8 Å². The lowest BCUT2D eigenvalue weighted by molar-refractivity contribution is -0.114. The highest BCUT2D eigenvalue weighted by Crippen LogP contribution is 2.21. The summed E-state index contributed by atoms with van der Waals surface area (Å²) in [5.74, 6) is -0.427. The predicted molar refractivity (Wildman–Crippen MR) is 94.6 cm³/mol. The van der Waals surface area contributed by atoms with E-state index in [9.17, 15) is 9.59 Å². The number of hydrogen-bond acceptors (Lipinski definition) is 4. The van der Waals surface area contributed by atoms with E-state index >= 15 is 0 Å². The third kappa shape index (κ3) is 5.78. The van der Waals surface area contributed by atoms with E-state index in [-0.39, 0.29) is 17.9 Å². The maximum Gasteiger partial charge on any atom is 0.253 e. The number of amides is 2. The van der Waals surface area contributed by atoms with Crippen LogP contribution in [0.4, 0.5) is 5.69 Å². The van der Waals surface area contributed by atoms with E-state index in [1.54, 1.807) is 18.2 Å². The molecule has 1 atom stereocenters. The van der Waals surface area contributed by atoms with Crippen molar-refractivity contribution in [2.75, 3.05) is 38.2 Å². The van der Waals surface area contributed by atoms with Crippen molar-refractivity contribution in [3.63, 3.8) is 0 Å². The summed E-state index contributed by atoms with van der Waals surface area (Å²) in [7, 11) is 0. The SMILES string of the molecule is CC(=O)Nc1ccc(Cl)c(C(=O)NC(C)CCN2CCOCC2)c1. The molecule has 2 amide bonds. The van der Waals surface area contributed by atoms with Gasteiger partial charge in [0.15, 0.2) is 0 Å². The van der Waals surface area contributed by atoms with Gasteiger partial charge in [0.05, 0.1) is 23.8 Å². The van der Waals surface area contributed by atoms with Crippen LogP contribution in [-0.2, 0) is 9.53 Å². The van der Waals surface area contributed by atoms with Crippen molar-refractivity contribution < 1.29 is 14.3 Å². The topological polar surface area (TPSA) is 70.7 Å². The molecular formula is C17H24ClN3O3. The summed E-state index contributed by atoms with van der Waals surface area (Å²) in [6.07, 6.45) is 0.856.